The van der Waals surface area contributed by atoms with E-state index in [2.05, 4.69) is 38.1 Å². The maximum Gasteiger partial charge on any atom is 0.343 e. The van der Waals surface area contributed by atoms with Crippen molar-refractivity contribution >= 4 is 11.9 Å². The second-order valence-corrected chi connectivity index (χ2v) is 9.82. The number of benzene rings is 3. The number of hydrogen-bond acceptors (Lipinski definition) is 4. The summed E-state index contributed by atoms with van der Waals surface area (Å²) in [5.41, 5.74) is 4.46. The summed E-state index contributed by atoms with van der Waals surface area (Å²) >= 11 is 0. The standard InChI is InChI=1S/C33H40O4/c1-4-6-7-8-9-10-11-26-12-14-27(15-13-26)28-16-18-30(19-17-28)33(35)37-31-22-20-29(21-23-31)32(34)36-24-25(3)5-2/h12-23,25H,4-11,24H2,1-3H3. The van der Waals surface area contributed by atoms with Crippen molar-refractivity contribution in [3.8, 4) is 16.9 Å². The number of hydrogen-bond donors (Lipinski definition) is 0. The summed E-state index contributed by atoms with van der Waals surface area (Å²) in [6, 6.07) is 22.6. The Morgan fingerprint density at radius 1 is 0.676 bits per heavy atom. The number of ether oxygens (including phenoxy) is 2. The lowest BCUT2D eigenvalue weighted by Gasteiger charge is -2.10. The first-order valence-corrected chi connectivity index (χ1v) is 13.7. The Bertz CT molecular complexity index is 1100. The third kappa shape index (κ3) is 9.20. The maximum absolute atomic E-state index is 12.6. The van der Waals surface area contributed by atoms with Crippen LogP contribution >= 0.6 is 0 Å². The highest BCUT2D eigenvalue weighted by atomic mass is 16.5. The van der Waals surface area contributed by atoms with Gasteiger partial charge in [-0.25, -0.2) is 9.59 Å². The van der Waals surface area contributed by atoms with Crippen molar-refractivity contribution in [2.24, 2.45) is 5.92 Å². The Balaban J connectivity index is 1.49. The molecule has 0 fully saturated rings. The molecule has 0 aliphatic carbocycles. The Morgan fingerprint density at radius 2 is 1.22 bits per heavy atom. The number of aryl methyl sites for hydroxylation is 1. The summed E-state index contributed by atoms with van der Waals surface area (Å²) in [6.45, 7) is 6.74. The van der Waals surface area contributed by atoms with Crippen LogP contribution in [-0.2, 0) is 11.2 Å². The van der Waals surface area contributed by atoms with Gasteiger partial charge >= 0.3 is 11.9 Å². The molecule has 0 aliphatic heterocycles. The Kier molecular flexibility index (Phi) is 11.4. The first-order chi connectivity index (χ1) is 18.0. The summed E-state index contributed by atoms with van der Waals surface area (Å²) in [7, 11) is 0. The topological polar surface area (TPSA) is 52.6 Å². The molecule has 1 atom stereocenters. The third-order valence-electron chi connectivity index (χ3n) is 6.72. The minimum Gasteiger partial charge on any atom is -0.462 e. The van der Waals surface area contributed by atoms with Gasteiger partial charge < -0.3 is 9.47 Å². The zero-order valence-electron chi connectivity index (χ0n) is 22.5. The van der Waals surface area contributed by atoms with E-state index in [1.165, 1.54) is 44.1 Å². The molecule has 0 aromatic heterocycles. The normalized spacial score (nSPS) is 11.6. The molecule has 0 bridgehead atoms. The van der Waals surface area contributed by atoms with Crippen molar-refractivity contribution in [2.45, 2.75) is 72.1 Å². The minimum atomic E-state index is -0.437. The molecule has 0 aliphatic rings. The van der Waals surface area contributed by atoms with Gasteiger partial charge in [-0.15, -0.1) is 0 Å². The van der Waals surface area contributed by atoms with Crippen LogP contribution in [0.3, 0.4) is 0 Å². The van der Waals surface area contributed by atoms with Crippen LogP contribution in [0.5, 0.6) is 5.75 Å². The highest BCUT2D eigenvalue weighted by molar-refractivity contribution is 5.92. The molecule has 3 aromatic carbocycles. The van der Waals surface area contributed by atoms with Gasteiger partial charge in [0.2, 0.25) is 0 Å². The van der Waals surface area contributed by atoms with E-state index in [-0.39, 0.29) is 5.97 Å². The Morgan fingerprint density at radius 3 is 1.84 bits per heavy atom. The van der Waals surface area contributed by atoms with Gasteiger partial charge in [0.15, 0.2) is 0 Å². The zero-order chi connectivity index (χ0) is 26.5. The number of unbranched alkanes of at least 4 members (excludes halogenated alkanes) is 5. The number of carbonyl (C=O) groups is 2. The molecule has 196 valence electrons. The van der Waals surface area contributed by atoms with Crippen LogP contribution in [0, 0.1) is 5.92 Å². The molecule has 0 saturated carbocycles. The Labute approximate surface area is 222 Å². The lowest BCUT2D eigenvalue weighted by Crippen LogP contribution is -2.12. The van der Waals surface area contributed by atoms with Crippen LogP contribution in [0.1, 0.15) is 92.0 Å². The number of esters is 2. The lowest BCUT2D eigenvalue weighted by atomic mass is 10.00. The molecule has 4 heteroatoms. The second-order valence-electron chi connectivity index (χ2n) is 9.82. The van der Waals surface area contributed by atoms with Gasteiger partial charge in [0.25, 0.3) is 0 Å². The molecule has 4 nitrogen and oxygen atoms in total. The molecular weight excluding hydrogens is 460 g/mol. The zero-order valence-corrected chi connectivity index (χ0v) is 22.5. The van der Waals surface area contributed by atoms with Crippen molar-refractivity contribution in [2.75, 3.05) is 6.61 Å². The SMILES string of the molecule is CCCCCCCCc1ccc(-c2ccc(C(=O)Oc3ccc(C(=O)OCC(C)CC)cc3)cc2)cc1. The molecule has 0 spiro atoms. The number of rotatable bonds is 14. The van der Waals surface area contributed by atoms with Crippen molar-refractivity contribution < 1.29 is 19.1 Å². The van der Waals surface area contributed by atoms with E-state index in [4.69, 9.17) is 9.47 Å². The highest BCUT2D eigenvalue weighted by Crippen LogP contribution is 2.22. The fourth-order valence-electron chi connectivity index (χ4n) is 4.02. The minimum absolute atomic E-state index is 0.324. The summed E-state index contributed by atoms with van der Waals surface area (Å²) in [5.74, 6) is -0.101. The molecule has 0 radical (unpaired) electrons. The molecule has 0 saturated heterocycles. The third-order valence-corrected chi connectivity index (χ3v) is 6.72. The van der Waals surface area contributed by atoms with Gasteiger partial charge in [-0.05, 0) is 71.8 Å². The van der Waals surface area contributed by atoms with Crippen LogP contribution in [0.15, 0.2) is 72.8 Å². The van der Waals surface area contributed by atoms with Gasteiger partial charge in [0.05, 0.1) is 17.7 Å². The molecule has 37 heavy (non-hydrogen) atoms. The average Bonchev–Trinajstić information content (AvgIpc) is 2.94. The predicted molar refractivity (Wildman–Crippen MR) is 150 cm³/mol. The van der Waals surface area contributed by atoms with Gasteiger partial charge in [0.1, 0.15) is 5.75 Å². The first kappa shape index (κ1) is 28.2. The monoisotopic (exact) mass is 500 g/mol. The lowest BCUT2D eigenvalue weighted by molar-refractivity contribution is 0.0447. The van der Waals surface area contributed by atoms with Gasteiger partial charge in [0, 0.05) is 0 Å². The fraction of sp³-hybridized carbons (Fsp3) is 0.394. The average molecular weight is 501 g/mol. The maximum atomic E-state index is 12.6. The summed E-state index contributed by atoms with van der Waals surface area (Å²) < 4.78 is 10.8. The smallest absolute Gasteiger partial charge is 0.343 e. The van der Waals surface area contributed by atoms with E-state index >= 15 is 0 Å². The van der Waals surface area contributed by atoms with E-state index in [0.717, 1.165) is 24.0 Å². The van der Waals surface area contributed by atoms with Crippen molar-refractivity contribution in [3.05, 3.63) is 89.5 Å². The summed E-state index contributed by atoms with van der Waals surface area (Å²) in [4.78, 5) is 24.8. The van der Waals surface area contributed by atoms with Crippen LogP contribution in [0.4, 0.5) is 0 Å². The van der Waals surface area contributed by atoms with Crippen molar-refractivity contribution in [3.63, 3.8) is 0 Å². The van der Waals surface area contributed by atoms with Gasteiger partial charge in [-0.1, -0.05) is 95.7 Å². The molecule has 3 rings (SSSR count). The van der Waals surface area contributed by atoms with Gasteiger partial charge in [-0.3, -0.25) is 0 Å². The molecule has 3 aromatic rings. The van der Waals surface area contributed by atoms with Crippen molar-refractivity contribution in [1.82, 2.24) is 0 Å². The largest absolute Gasteiger partial charge is 0.462 e. The van der Waals surface area contributed by atoms with E-state index in [1.54, 1.807) is 36.4 Å². The first-order valence-electron chi connectivity index (χ1n) is 13.7. The molecule has 0 heterocycles. The quantitative estimate of drug-likeness (QED) is 0.126. The van der Waals surface area contributed by atoms with Crippen LogP contribution in [0.25, 0.3) is 11.1 Å². The van der Waals surface area contributed by atoms with Crippen molar-refractivity contribution in [1.29, 1.82) is 0 Å². The Hall–Kier alpha value is -3.40. The van der Waals surface area contributed by atoms with E-state index in [9.17, 15) is 9.59 Å². The number of carbonyl (C=O) groups excluding carboxylic acids is 2. The van der Waals surface area contributed by atoms with Crippen LogP contribution in [-0.4, -0.2) is 18.5 Å². The van der Waals surface area contributed by atoms with E-state index < -0.39 is 5.97 Å². The summed E-state index contributed by atoms with van der Waals surface area (Å²) in [6.07, 6.45) is 9.93. The molecular formula is C33H40O4. The molecule has 0 N–H and O–H groups in total. The van der Waals surface area contributed by atoms with E-state index in [1.807, 2.05) is 19.1 Å². The van der Waals surface area contributed by atoms with E-state index in [0.29, 0.717) is 29.4 Å². The fourth-order valence-corrected chi connectivity index (χ4v) is 4.02. The molecule has 0 amide bonds. The predicted octanol–water partition coefficient (Wildman–Crippen LogP) is 8.68. The second kappa shape index (κ2) is 15.0. The summed E-state index contributed by atoms with van der Waals surface area (Å²) in [5, 5.41) is 0. The van der Waals surface area contributed by atoms with Crippen LogP contribution < -0.4 is 4.74 Å². The van der Waals surface area contributed by atoms with Crippen LogP contribution in [0.2, 0.25) is 0 Å². The highest BCUT2D eigenvalue weighted by Gasteiger charge is 2.12. The molecule has 1 unspecified atom stereocenters. The van der Waals surface area contributed by atoms with Gasteiger partial charge in [-0.2, -0.15) is 0 Å².